The van der Waals surface area contributed by atoms with Crippen molar-refractivity contribution in [3.8, 4) is 28.2 Å². The Morgan fingerprint density at radius 3 is 2.58 bits per heavy atom. The van der Waals surface area contributed by atoms with Crippen molar-refractivity contribution in [2.24, 2.45) is 0 Å². The molecule has 1 aromatic carbocycles. The smallest absolute Gasteiger partial charge is 0.123 e. The van der Waals surface area contributed by atoms with E-state index < -0.39 is 0 Å². The molecule has 0 amide bonds. The van der Waals surface area contributed by atoms with E-state index >= 15 is 0 Å². The number of aromatic nitrogens is 4. The Labute approximate surface area is 138 Å². The largest absolute Gasteiger partial charge is 0.304 e. The second-order valence-electron chi connectivity index (χ2n) is 5.32. The van der Waals surface area contributed by atoms with Crippen LogP contribution in [0.25, 0.3) is 28.2 Å². The highest BCUT2D eigenvalue weighted by Crippen LogP contribution is 2.24. The van der Waals surface area contributed by atoms with Crippen molar-refractivity contribution in [2.75, 3.05) is 0 Å². The molecule has 3 heterocycles. The van der Waals surface area contributed by atoms with Gasteiger partial charge in [0.1, 0.15) is 5.82 Å². The fourth-order valence-corrected chi connectivity index (χ4v) is 2.52. The van der Waals surface area contributed by atoms with Crippen molar-refractivity contribution >= 4 is 0 Å². The summed E-state index contributed by atoms with van der Waals surface area (Å²) in [5.74, 6) is -0.277. The topological polar surface area (TPSA) is 43.6 Å². The predicted octanol–water partition coefficient (Wildman–Crippen LogP) is 4.14. The first kappa shape index (κ1) is 14.3. The Balaban J connectivity index is 1.71. The lowest BCUT2D eigenvalue weighted by molar-refractivity contribution is 0.628. The summed E-state index contributed by atoms with van der Waals surface area (Å²) < 4.78 is 15.3. The van der Waals surface area contributed by atoms with Gasteiger partial charge in [-0.25, -0.2) is 9.37 Å². The number of rotatable bonds is 3. The van der Waals surface area contributed by atoms with Gasteiger partial charge in [-0.05, 0) is 36.4 Å². The van der Waals surface area contributed by atoms with Crippen LogP contribution in [0.3, 0.4) is 0 Å². The monoisotopic (exact) mass is 316 g/mol. The Morgan fingerprint density at radius 1 is 0.833 bits per heavy atom. The fraction of sp³-hybridized carbons (Fsp3) is 0. The van der Waals surface area contributed by atoms with Crippen molar-refractivity contribution in [1.29, 1.82) is 0 Å². The van der Waals surface area contributed by atoms with E-state index in [9.17, 15) is 4.39 Å². The van der Waals surface area contributed by atoms with Gasteiger partial charge in [0.15, 0.2) is 0 Å². The molecule has 4 rings (SSSR count). The molecule has 0 spiro atoms. The maximum absolute atomic E-state index is 13.4. The molecule has 0 aliphatic carbocycles. The molecule has 116 valence electrons. The van der Waals surface area contributed by atoms with E-state index in [0.717, 1.165) is 22.5 Å². The van der Waals surface area contributed by atoms with E-state index in [2.05, 4.69) is 15.0 Å². The number of benzene rings is 1. The quantitative estimate of drug-likeness (QED) is 0.570. The summed E-state index contributed by atoms with van der Waals surface area (Å²) in [5.41, 5.74) is 4.13. The molecular formula is C19H13FN4. The van der Waals surface area contributed by atoms with Crippen LogP contribution in [0, 0.1) is 5.82 Å². The number of imidazole rings is 1. The van der Waals surface area contributed by atoms with E-state index in [1.54, 1.807) is 31.0 Å². The summed E-state index contributed by atoms with van der Waals surface area (Å²) in [7, 11) is 0. The summed E-state index contributed by atoms with van der Waals surface area (Å²) in [5, 5.41) is 0. The van der Waals surface area contributed by atoms with Gasteiger partial charge in [0.05, 0.1) is 29.6 Å². The lowest BCUT2D eigenvalue weighted by atomic mass is 10.1. The summed E-state index contributed by atoms with van der Waals surface area (Å²) in [4.78, 5) is 12.9. The average molecular weight is 316 g/mol. The van der Waals surface area contributed by atoms with Crippen LogP contribution >= 0.6 is 0 Å². The highest BCUT2D eigenvalue weighted by molar-refractivity contribution is 5.68. The molecular weight excluding hydrogens is 303 g/mol. The zero-order chi connectivity index (χ0) is 16.4. The van der Waals surface area contributed by atoms with Crippen molar-refractivity contribution in [2.45, 2.75) is 0 Å². The molecule has 0 aliphatic heterocycles. The van der Waals surface area contributed by atoms with E-state index in [1.807, 2.05) is 41.1 Å². The third kappa shape index (κ3) is 2.79. The number of nitrogens with zero attached hydrogens (tertiary/aromatic N) is 4. The first-order valence-corrected chi connectivity index (χ1v) is 7.46. The van der Waals surface area contributed by atoms with Crippen LogP contribution in [0.15, 0.2) is 79.6 Å². The summed E-state index contributed by atoms with van der Waals surface area (Å²) in [6.07, 6.45) is 8.89. The van der Waals surface area contributed by atoms with Crippen molar-refractivity contribution in [3.05, 3.63) is 85.5 Å². The zero-order valence-electron chi connectivity index (χ0n) is 12.7. The average Bonchev–Trinajstić information content (AvgIpc) is 3.13. The van der Waals surface area contributed by atoms with Crippen LogP contribution in [-0.2, 0) is 0 Å². The van der Waals surface area contributed by atoms with Crippen molar-refractivity contribution in [1.82, 2.24) is 19.5 Å². The number of halogens is 1. The third-order valence-corrected chi connectivity index (χ3v) is 3.70. The normalized spacial score (nSPS) is 10.7. The van der Waals surface area contributed by atoms with Gasteiger partial charge in [-0.3, -0.25) is 9.97 Å². The second-order valence-corrected chi connectivity index (χ2v) is 5.32. The summed E-state index contributed by atoms with van der Waals surface area (Å²) >= 11 is 0. The van der Waals surface area contributed by atoms with Crippen LogP contribution in [-0.4, -0.2) is 19.5 Å². The molecule has 0 fully saturated rings. The lowest BCUT2D eigenvalue weighted by Gasteiger charge is -2.03. The minimum atomic E-state index is -0.277. The summed E-state index contributed by atoms with van der Waals surface area (Å²) in [6, 6.07) is 14.0. The number of pyridine rings is 2. The molecule has 0 saturated heterocycles. The van der Waals surface area contributed by atoms with Gasteiger partial charge in [-0.2, -0.15) is 0 Å². The lowest BCUT2D eigenvalue weighted by Crippen LogP contribution is -1.89. The summed E-state index contributed by atoms with van der Waals surface area (Å²) in [6.45, 7) is 0. The molecule has 0 N–H and O–H groups in total. The van der Waals surface area contributed by atoms with Gasteiger partial charge in [0.2, 0.25) is 0 Å². The van der Waals surface area contributed by atoms with Gasteiger partial charge in [-0.15, -0.1) is 0 Å². The highest BCUT2D eigenvalue weighted by Gasteiger charge is 2.07. The molecule has 3 aromatic heterocycles. The first-order valence-electron chi connectivity index (χ1n) is 7.46. The second kappa shape index (κ2) is 6.04. The van der Waals surface area contributed by atoms with Crippen LogP contribution in [0.4, 0.5) is 4.39 Å². The van der Waals surface area contributed by atoms with Gasteiger partial charge < -0.3 is 4.57 Å². The standard InChI is InChI=1S/C19H13FN4/c20-16-4-1-3-14(9-16)18-10-15(6-8-22-18)19-12-24(13-23-19)17-5-2-7-21-11-17/h1-13H. The van der Waals surface area contributed by atoms with Crippen molar-refractivity contribution in [3.63, 3.8) is 0 Å². The van der Waals surface area contributed by atoms with Crippen molar-refractivity contribution < 1.29 is 4.39 Å². The molecule has 0 radical (unpaired) electrons. The maximum Gasteiger partial charge on any atom is 0.123 e. The molecule has 4 nitrogen and oxygen atoms in total. The highest BCUT2D eigenvalue weighted by atomic mass is 19.1. The molecule has 4 aromatic rings. The van der Waals surface area contributed by atoms with E-state index in [-0.39, 0.29) is 5.82 Å². The maximum atomic E-state index is 13.4. The van der Waals surface area contributed by atoms with Gasteiger partial charge >= 0.3 is 0 Å². The van der Waals surface area contributed by atoms with E-state index in [0.29, 0.717) is 5.69 Å². The molecule has 0 atom stereocenters. The van der Waals surface area contributed by atoms with Crippen LogP contribution < -0.4 is 0 Å². The Bertz CT molecular complexity index is 979. The molecule has 5 heteroatoms. The third-order valence-electron chi connectivity index (χ3n) is 3.70. The van der Waals surface area contributed by atoms with E-state index in [4.69, 9.17) is 0 Å². The fourth-order valence-electron chi connectivity index (χ4n) is 2.52. The predicted molar refractivity (Wildman–Crippen MR) is 90.0 cm³/mol. The molecule has 24 heavy (non-hydrogen) atoms. The van der Waals surface area contributed by atoms with E-state index in [1.165, 1.54) is 12.1 Å². The number of hydrogen-bond acceptors (Lipinski definition) is 3. The SMILES string of the molecule is Fc1cccc(-c2cc(-c3cn(-c4cccnc4)cn3)ccn2)c1. The molecule has 0 bridgehead atoms. The Kier molecular flexibility index (Phi) is 3.59. The van der Waals surface area contributed by atoms with Crippen LogP contribution in [0.5, 0.6) is 0 Å². The Hall–Kier alpha value is -3.34. The Morgan fingerprint density at radius 2 is 1.75 bits per heavy atom. The minimum Gasteiger partial charge on any atom is -0.304 e. The van der Waals surface area contributed by atoms with Gasteiger partial charge in [0.25, 0.3) is 0 Å². The van der Waals surface area contributed by atoms with Gasteiger partial charge in [0, 0.05) is 29.7 Å². The van der Waals surface area contributed by atoms with Crippen LogP contribution in [0.2, 0.25) is 0 Å². The molecule has 0 saturated carbocycles. The van der Waals surface area contributed by atoms with Crippen LogP contribution in [0.1, 0.15) is 0 Å². The molecule has 0 aliphatic rings. The number of hydrogen-bond donors (Lipinski definition) is 0. The van der Waals surface area contributed by atoms with Gasteiger partial charge in [-0.1, -0.05) is 12.1 Å². The zero-order valence-corrected chi connectivity index (χ0v) is 12.7. The molecule has 0 unspecified atom stereocenters. The minimum absolute atomic E-state index is 0.277. The first-order chi connectivity index (χ1) is 11.8.